The quantitative estimate of drug-likeness (QED) is 0.662. The Balaban J connectivity index is 1.75. The predicted molar refractivity (Wildman–Crippen MR) is 105 cm³/mol. The first-order valence-electron chi connectivity index (χ1n) is 8.00. The molecule has 0 saturated carbocycles. The first kappa shape index (κ1) is 17.8. The van der Waals surface area contributed by atoms with Crippen molar-refractivity contribution in [1.82, 2.24) is 4.98 Å². The van der Waals surface area contributed by atoms with Gasteiger partial charge in [0.25, 0.3) is 5.91 Å². The van der Waals surface area contributed by atoms with Gasteiger partial charge >= 0.3 is 0 Å². The fraction of sp³-hybridized carbons (Fsp3) is 0.100. The number of carbonyl (C=O) groups excluding carboxylic acids is 1. The van der Waals surface area contributed by atoms with Crippen LogP contribution in [0.2, 0.25) is 5.02 Å². The third-order valence-electron chi connectivity index (χ3n) is 3.72. The molecule has 2 aromatic carbocycles. The lowest BCUT2D eigenvalue weighted by Crippen LogP contribution is -2.12. The van der Waals surface area contributed by atoms with E-state index in [2.05, 4.69) is 15.6 Å². The first-order chi connectivity index (χ1) is 12.5. The van der Waals surface area contributed by atoms with Gasteiger partial charge in [-0.25, -0.2) is 4.98 Å². The molecule has 0 saturated heterocycles. The second kappa shape index (κ2) is 7.89. The normalized spacial score (nSPS) is 10.3. The zero-order valence-electron chi connectivity index (χ0n) is 14.4. The molecule has 132 valence electrons. The largest absolute Gasteiger partial charge is 0.495 e. The number of anilines is 3. The zero-order valence-corrected chi connectivity index (χ0v) is 15.2. The molecule has 1 heterocycles. The Morgan fingerprint density at radius 2 is 1.92 bits per heavy atom. The number of aryl methyl sites for hydroxylation is 1. The van der Waals surface area contributed by atoms with Gasteiger partial charge in [0, 0.05) is 23.1 Å². The first-order valence-corrected chi connectivity index (χ1v) is 8.37. The number of hydrogen-bond donors (Lipinski definition) is 2. The molecule has 0 aliphatic rings. The SMILES string of the molecule is COc1ccc(Nc2cc(C(=O)Nc3cccc(C)c3)ccn2)cc1Cl. The maximum absolute atomic E-state index is 12.5. The number of nitrogens with zero attached hydrogens (tertiary/aromatic N) is 1. The van der Waals surface area contributed by atoms with Gasteiger partial charge < -0.3 is 15.4 Å². The van der Waals surface area contributed by atoms with E-state index in [1.54, 1.807) is 37.6 Å². The van der Waals surface area contributed by atoms with Crippen LogP contribution in [0.25, 0.3) is 0 Å². The molecule has 0 aliphatic heterocycles. The lowest BCUT2D eigenvalue weighted by molar-refractivity contribution is 0.102. The molecule has 3 rings (SSSR count). The summed E-state index contributed by atoms with van der Waals surface area (Å²) in [4.78, 5) is 16.7. The molecule has 2 N–H and O–H groups in total. The van der Waals surface area contributed by atoms with E-state index in [1.807, 2.05) is 37.3 Å². The number of hydrogen-bond acceptors (Lipinski definition) is 4. The Kier molecular flexibility index (Phi) is 5.39. The van der Waals surface area contributed by atoms with Crippen LogP contribution in [0.3, 0.4) is 0 Å². The Labute approximate surface area is 157 Å². The number of ether oxygens (including phenoxy) is 1. The average molecular weight is 368 g/mol. The predicted octanol–water partition coefficient (Wildman–Crippen LogP) is 5.05. The summed E-state index contributed by atoms with van der Waals surface area (Å²) in [6, 6.07) is 16.3. The molecule has 0 spiro atoms. The van der Waals surface area contributed by atoms with Crippen LogP contribution in [-0.2, 0) is 0 Å². The molecule has 26 heavy (non-hydrogen) atoms. The fourth-order valence-corrected chi connectivity index (χ4v) is 2.72. The highest BCUT2D eigenvalue weighted by Gasteiger charge is 2.09. The number of pyridine rings is 1. The van der Waals surface area contributed by atoms with Crippen LogP contribution in [0, 0.1) is 6.92 Å². The number of aromatic nitrogens is 1. The van der Waals surface area contributed by atoms with Crippen molar-refractivity contribution in [2.24, 2.45) is 0 Å². The highest BCUT2D eigenvalue weighted by Crippen LogP contribution is 2.28. The molecule has 0 bridgehead atoms. The number of rotatable bonds is 5. The molecule has 3 aromatic rings. The zero-order chi connectivity index (χ0) is 18.5. The maximum atomic E-state index is 12.5. The van der Waals surface area contributed by atoms with Gasteiger partial charge in [0.1, 0.15) is 11.6 Å². The number of nitrogens with one attached hydrogen (secondary N) is 2. The maximum Gasteiger partial charge on any atom is 0.255 e. The van der Waals surface area contributed by atoms with E-state index in [9.17, 15) is 4.79 Å². The van der Waals surface area contributed by atoms with Crippen molar-refractivity contribution in [3.05, 3.63) is 76.9 Å². The highest BCUT2D eigenvalue weighted by molar-refractivity contribution is 6.32. The van der Waals surface area contributed by atoms with E-state index < -0.39 is 0 Å². The van der Waals surface area contributed by atoms with Crippen LogP contribution in [0.4, 0.5) is 17.2 Å². The lowest BCUT2D eigenvalue weighted by Gasteiger charge is -2.10. The van der Waals surface area contributed by atoms with E-state index >= 15 is 0 Å². The monoisotopic (exact) mass is 367 g/mol. The third kappa shape index (κ3) is 4.32. The standard InChI is InChI=1S/C20H18ClN3O2/c1-13-4-3-5-15(10-13)24-20(25)14-8-9-22-19(11-14)23-16-6-7-18(26-2)17(21)12-16/h3-12H,1-2H3,(H,22,23)(H,24,25). The van der Waals surface area contributed by atoms with Gasteiger partial charge in [0.15, 0.2) is 0 Å². The van der Waals surface area contributed by atoms with Gasteiger partial charge in [0.2, 0.25) is 0 Å². The second-order valence-electron chi connectivity index (χ2n) is 5.73. The van der Waals surface area contributed by atoms with Crippen LogP contribution < -0.4 is 15.4 Å². The van der Waals surface area contributed by atoms with Crippen molar-refractivity contribution in [2.45, 2.75) is 6.92 Å². The Morgan fingerprint density at radius 1 is 1.08 bits per heavy atom. The summed E-state index contributed by atoms with van der Waals surface area (Å²) in [6.45, 7) is 1.98. The van der Waals surface area contributed by atoms with Gasteiger partial charge in [-0.2, -0.15) is 0 Å². The number of benzene rings is 2. The molecule has 0 unspecified atom stereocenters. The highest BCUT2D eigenvalue weighted by atomic mass is 35.5. The van der Waals surface area contributed by atoms with Crippen LogP contribution in [0.1, 0.15) is 15.9 Å². The van der Waals surface area contributed by atoms with Crippen molar-refractivity contribution in [2.75, 3.05) is 17.7 Å². The number of methoxy groups -OCH3 is 1. The molecular weight excluding hydrogens is 350 g/mol. The molecule has 1 aromatic heterocycles. The van der Waals surface area contributed by atoms with E-state index in [4.69, 9.17) is 16.3 Å². The summed E-state index contributed by atoms with van der Waals surface area (Å²) in [7, 11) is 1.56. The van der Waals surface area contributed by atoms with Crippen molar-refractivity contribution in [3.8, 4) is 5.75 Å². The second-order valence-corrected chi connectivity index (χ2v) is 6.13. The summed E-state index contributed by atoms with van der Waals surface area (Å²) < 4.78 is 5.14. The summed E-state index contributed by atoms with van der Waals surface area (Å²) >= 11 is 6.13. The molecule has 6 heteroatoms. The molecule has 1 amide bonds. The minimum atomic E-state index is -0.200. The molecule has 5 nitrogen and oxygen atoms in total. The van der Waals surface area contributed by atoms with Crippen LogP contribution in [0.15, 0.2) is 60.8 Å². The van der Waals surface area contributed by atoms with E-state index in [1.165, 1.54) is 0 Å². The van der Waals surface area contributed by atoms with E-state index in [0.717, 1.165) is 16.9 Å². The van der Waals surface area contributed by atoms with Gasteiger partial charge in [-0.05, 0) is 55.0 Å². The average Bonchev–Trinajstić information content (AvgIpc) is 2.62. The van der Waals surface area contributed by atoms with Gasteiger partial charge in [0.05, 0.1) is 12.1 Å². The Morgan fingerprint density at radius 3 is 2.65 bits per heavy atom. The van der Waals surface area contributed by atoms with Gasteiger partial charge in [-0.15, -0.1) is 0 Å². The lowest BCUT2D eigenvalue weighted by atomic mass is 10.2. The molecule has 0 radical (unpaired) electrons. The smallest absolute Gasteiger partial charge is 0.255 e. The molecule has 0 aliphatic carbocycles. The number of amides is 1. The fourth-order valence-electron chi connectivity index (χ4n) is 2.46. The third-order valence-corrected chi connectivity index (χ3v) is 4.02. The van der Waals surface area contributed by atoms with E-state index in [-0.39, 0.29) is 5.91 Å². The molecular formula is C20H18ClN3O2. The van der Waals surface area contributed by atoms with Crippen molar-refractivity contribution < 1.29 is 9.53 Å². The molecule has 0 fully saturated rings. The van der Waals surface area contributed by atoms with Crippen molar-refractivity contribution >= 4 is 34.7 Å². The minimum absolute atomic E-state index is 0.200. The Bertz CT molecular complexity index is 944. The van der Waals surface area contributed by atoms with Crippen LogP contribution in [-0.4, -0.2) is 18.0 Å². The minimum Gasteiger partial charge on any atom is -0.495 e. The summed E-state index contributed by atoms with van der Waals surface area (Å²) in [5.41, 5.74) is 3.09. The summed E-state index contributed by atoms with van der Waals surface area (Å²) in [6.07, 6.45) is 1.58. The summed E-state index contributed by atoms with van der Waals surface area (Å²) in [5.74, 6) is 0.938. The topological polar surface area (TPSA) is 63.2 Å². The van der Waals surface area contributed by atoms with Gasteiger partial charge in [-0.3, -0.25) is 4.79 Å². The van der Waals surface area contributed by atoms with Gasteiger partial charge in [-0.1, -0.05) is 23.7 Å². The van der Waals surface area contributed by atoms with Crippen LogP contribution >= 0.6 is 11.6 Å². The number of halogens is 1. The summed E-state index contributed by atoms with van der Waals surface area (Å²) in [5, 5.41) is 6.51. The number of carbonyl (C=O) groups is 1. The van der Waals surface area contributed by atoms with E-state index in [0.29, 0.717) is 22.2 Å². The van der Waals surface area contributed by atoms with Crippen molar-refractivity contribution in [3.63, 3.8) is 0 Å². The Hall–Kier alpha value is -3.05. The van der Waals surface area contributed by atoms with Crippen LogP contribution in [0.5, 0.6) is 5.75 Å². The molecule has 0 atom stereocenters. The van der Waals surface area contributed by atoms with Crippen molar-refractivity contribution in [1.29, 1.82) is 0 Å².